The van der Waals surface area contributed by atoms with E-state index in [1.807, 2.05) is 24.3 Å². The number of ketones is 1. The lowest BCUT2D eigenvalue weighted by Gasteiger charge is -2.22. The number of fused-ring (bicyclic) bond motifs is 1. The van der Waals surface area contributed by atoms with Crippen molar-refractivity contribution in [2.24, 2.45) is 0 Å². The Balaban J connectivity index is 1.47. The predicted octanol–water partition coefficient (Wildman–Crippen LogP) is 4.15. The number of aromatic hydroxyl groups is 2. The van der Waals surface area contributed by atoms with Crippen molar-refractivity contribution in [3.63, 3.8) is 0 Å². The molecular formula is C25H30N2O4. The molecule has 1 atom stereocenters. The maximum Gasteiger partial charge on any atom is 0.162 e. The number of aromatic nitrogens is 1. The average molecular weight is 423 g/mol. The molecule has 1 aliphatic heterocycles. The van der Waals surface area contributed by atoms with Crippen molar-refractivity contribution in [2.45, 2.75) is 45.3 Å². The molecule has 0 aliphatic carbocycles. The third-order valence-corrected chi connectivity index (χ3v) is 6.03. The smallest absolute Gasteiger partial charge is 0.162 e. The molecule has 31 heavy (non-hydrogen) atoms. The van der Waals surface area contributed by atoms with Crippen LogP contribution in [0.25, 0.3) is 22.2 Å². The molecule has 164 valence electrons. The number of Topliss-reactive ketones (excluding diaryl/α,β-unsaturated/α-hetero) is 1. The van der Waals surface area contributed by atoms with E-state index in [4.69, 9.17) is 4.74 Å². The number of hydrogen-bond donors (Lipinski definition) is 3. The van der Waals surface area contributed by atoms with Gasteiger partial charge in [0, 0.05) is 37.0 Å². The Morgan fingerprint density at radius 1 is 1.10 bits per heavy atom. The highest BCUT2D eigenvalue weighted by atomic mass is 16.5. The lowest BCUT2D eigenvalue weighted by Crippen LogP contribution is -2.43. The number of unbranched alkanes of at least 4 members (excludes halogenated alkanes) is 2. The molecule has 1 saturated heterocycles. The van der Waals surface area contributed by atoms with Gasteiger partial charge in [-0.3, -0.25) is 4.79 Å². The van der Waals surface area contributed by atoms with Crippen LogP contribution in [0.3, 0.4) is 0 Å². The van der Waals surface area contributed by atoms with E-state index < -0.39 is 0 Å². The summed E-state index contributed by atoms with van der Waals surface area (Å²) in [6, 6.07) is 12.7. The number of carbonyl (C=O) groups is 1. The molecule has 3 N–H and O–H groups in total. The van der Waals surface area contributed by atoms with E-state index in [-0.39, 0.29) is 23.4 Å². The van der Waals surface area contributed by atoms with Gasteiger partial charge in [-0.25, -0.2) is 0 Å². The van der Waals surface area contributed by atoms with Crippen LogP contribution in [0.4, 0.5) is 0 Å². The van der Waals surface area contributed by atoms with Gasteiger partial charge in [0.1, 0.15) is 17.6 Å². The summed E-state index contributed by atoms with van der Waals surface area (Å²) in [6.45, 7) is 4.93. The Kier molecular flexibility index (Phi) is 6.59. The number of nitrogens with one attached hydrogen (secondary N) is 1. The second-order valence-corrected chi connectivity index (χ2v) is 8.21. The van der Waals surface area contributed by atoms with Gasteiger partial charge in [-0.2, -0.15) is 0 Å². The largest absolute Gasteiger partial charge is 0.508 e. The molecule has 3 aromatic rings. The van der Waals surface area contributed by atoms with Crippen LogP contribution in [0.2, 0.25) is 0 Å². The minimum absolute atomic E-state index is 0.190. The van der Waals surface area contributed by atoms with Crippen molar-refractivity contribution < 1.29 is 19.7 Å². The first-order chi connectivity index (χ1) is 15.0. The quantitative estimate of drug-likeness (QED) is 0.475. The second-order valence-electron chi connectivity index (χ2n) is 8.21. The lowest BCUT2D eigenvalue weighted by molar-refractivity contribution is -0.132. The molecule has 6 nitrogen and oxygen atoms in total. The van der Waals surface area contributed by atoms with Crippen LogP contribution in [-0.4, -0.2) is 46.4 Å². The summed E-state index contributed by atoms with van der Waals surface area (Å²) in [5, 5.41) is 23.9. The summed E-state index contributed by atoms with van der Waals surface area (Å²) < 4.78 is 7.83. The number of morpholine rings is 1. The highest BCUT2D eigenvalue weighted by Gasteiger charge is 2.21. The maximum absolute atomic E-state index is 12.3. The number of phenolic OH excluding ortho intramolecular Hbond substituents is 2. The van der Waals surface area contributed by atoms with Crippen LogP contribution in [-0.2, 0) is 16.1 Å². The number of hydrogen-bond acceptors (Lipinski definition) is 5. The van der Waals surface area contributed by atoms with Crippen LogP contribution < -0.4 is 5.32 Å². The molecular weight excluding hydrogens is 392 g/mol. The van der Waals surface area contributed by atoms with E-state index in [1.54, 1.807) is 18.2 Å². The maximum atomic E-state index is 12.3. The van der Waals surface area contributed by atoms with E-state index in [2.05, 4.69) is 16.8 Å². The van der Waals surface area contributed by atoms with Gasteiger partial charge in [0.2, 0.25) is 0 Å². The molecule has 0 spiro atoms. The fourth-order valence-corrected chi connectivity index (χ4v) is 4.41. The van der Waals surface area contributed by atoms with E-state index >= 15 is 0 Å². The Bertz CT molecular complexity index is 1050. The van der Waals surface area contributed by atoms with Crippen LogP contribution in [0.5, 0.6) is 11.5 Å². The molecule has 1 aliphatic rings. The first-order valence-corrected chi connectivity index (χ1v) is 11.0. The fourth-order valence-electron chi connectivity index (χ4n) is 4.41. The Labute approximate surface area is 182 Å². The minimum Gasteiger partial charge on any atom is -0.508 e. The van der Waals surface area contributed by atoms with Gasteiger partial charge < -0.3 is 24.8 Å². The first kappa shape index (κ1) is 21.4. The molecule has 1 unspecified atom stereocenters. The van der Waals surface area contributed by atoms with Gasteiger partial charge in [-0.1, -0.05) is 6.42 Å². The van der Waals surface area contributed by atoms with Crippen molar-refractivity contribution in [1.82, 2.24) is 9.88 Å². The SMILES string of the molecule is Cc1c(-c2ccc(O)cc2)n(CCCCCC(=O)C2CNCCO2)c2ccc(O)cc12. The number of ether oxygens (including phenoxy) is 1. The summed E-state index contributed by atoms with van der Waals surface area (Å²) in [6.07, 6.45) is 3.02. The van der Waals surface area contributed by atoms with Gasteiger partial charge in [-0.05, 0) is 73.4 Å². The van der Waals surface area contributed by atoms with Crippen molar-refractivity contribution in [2.75, 3.05) is 19.7 Å². The third-order valence-electron chi connectivity index (χ3n) is 6.03. The zero-order valence-electron chi connectivity index (χ0n) is 17.9. The van der Waals surface area contributed by atoms with Gasteiger partial charge in [0.05, 0.1) is 12.3 Å². The Hall–Kier alpha value is -2.83. The van der Waals surface area contributed by atoms with Crippen molar-refractivity contribution in [1.29, 1.82) is 0 Å². The summed E-state index contributed by atoms with van der Waals surface area (Å²) in [5.41, 5.74) is 4.31. The summed E-state index contributed by atoms with van der Waals surface area (Å²) >= 11 is 0. The molecule has 6 heteroatoms. The summed E-state index contributed by atoms with van der Waals surface area (Å²) in [5.74, 6) is 0.682. The zero-order valence-corrected chi connectivity index (χ0v) is 17.9. The minimum atomic E-state index is -0.293. The average Bonchev–Trinajstić information content (AvgIpc) is 3.05. The number of carbonyl (C=O) groups excluding carboxylic acids is 1. The molecule has 0 amide bonds. The van der Waals surface area contributed by atoms with Crippen LogP contribution >= 0.6 is 0 Å². The van der Waals surface area contributed by atoms with Gasteiger partial charge in [-0.15, -0.1) is 0 Å². The van der Waals surface area contributed by atoms with E-state index in [0.717, 1.165) is 60.1 Å². The molecule has 4 rings (SSSR count). The summed E-state index contributed by atoms with van der Waals surface area (Å²) in [7, 11) is 0. The Morgan fingerprint density at radius 2 is 1.87 bits per heavy atom. The highest BCUT2D eigenvalue weighted by Crippen LogP contribution is 2.36. The van der Waals surface area contributed by atoms with Gasteiger partial charge in [0.15, 0.2) is 5.78 Å². The van der Waals surface area contributed by atoms with Crippen molar-refractivity contribution in [3.05, 3.63) is 48.0 Å². The van der Waals surface area contributed by atoms with Crippen LogP contribution in [0.15, 0.2) is 42.5 Å². The molecule has 0 radical (unpaired) electrons. The third kappa shape index (κ3) is 4.75. The van der Waals surface area contributed by atoms with E-state index in [9.17, 15) is 15.0 Å². The molecule has 1 aromatic heterocycles. The van der Waals surface area contributed by atoms with Crippen LogP contribution in [0, 0.1) is 6.92 Å². The van der Waals surface area contributed by atoms with Crippen molar-refractivity contribution in [3.8, 4) is 22.8 Å². The monoisotopic (exact) mass is 422 g/mol. The number of rotatable bonds is 8. The molecule has 2 aromatic carbocycles. The standard InChI is InChI=1S/C25H30N2O4/c1-17-21-15-20(29)10-11-22(21)27(25(17)18-6-8-19(28)9-7-18)13-4-2-3-5-23(30)24-16-26-12-14-31-24/h6-11,15,24,26,28-29H,2-5,12-14,16H2,1H3. The number of phenols is 2. The molecule has 1 fully saturated rings. The zero-order chi connectivity index (χ0) is 21.8. The summed E-state index contributed by atoms with van der Waals surface area (Å²) in [4.78, 5) is 12.3. The lowest BCUT2D eigenvalue weighted by atomic mass is 10.1. The first-order valence-electron chi connectivity index (χ1n) is 11.0. The van der Waals surface area contributed by atoms with E-state index in [1.165, 1.54) is 0 Å². The number of aryl methyl sites for hydroxylation is 2. The predicted molar refractivity (Wildman–Crippen MR) is 122 cm³/mol. The van der Waals surface area contributed by atoms with Crippen LogP contribution in [0.1, 0.15) is 31.2 Å². The molecule has 0 bridgehead atoms. The van der Waals surface area contributed by atoms with Gasteiger partial charge in [0.25, 0.3) is 0 Å². The van der Waals surface area contributed by atoms with E-state index in [0.29, 0.717) is 19.6 Å². The number of benzene rings is 2. The normalized spacial score (nSPS) is 16.6. The highest BCUT2D eigenvalue weighted by molar-refractivity contribution is 5.92. The number of nitrogens with zero attached hydrogens (tertiary/aromatic N) is 1. The topological polar surface area (TPSA) is 83.7 Å². The fraction of sp³-hybridized carbons (Fsp3) is 0.400. The van der Waals surface area contributed by atoms with Crippen molar-refractivity contribution >= 4 is 16.7 Å². The second kappa shape index (κ2) is 9.54. The van der Waals surface area contributed by atoms with Gasteiger partial charge >= 0.3 is 0 Å². The molecule has 0 saturated carbocycles. The Morgan fingerprint density at radius 3 is 2.61 bits per heavy atom. The molecule has 2 heterocycles.